The monoisotopic (exact) mass is 252 g/mol. The summed E-state index contributed by atoms with van der Waals surface area (Å²) in [5, 5.41) is 7.15. The molecule has 0 saturated carbocycles. The largest absolute Gasteiger partial charge is 0.395 e. The summed E-state index contributed by atoms with van der Waals surface area (Å²) in [4.78, 5) is 12.1. The van der Waals surface area contributed by atoms with Gasteiger partial charge in [0.05, 0.1) is 18.0 Å². The molecule has 0 spiro atoms. The average molecular weight is 252 g/mol. The second-order valence-electron chi connectivity index (χ2n) is 4.60. The van der Waals surface area contributed by atoms with Crippen LogP contribution in [0.3, 0.4) is 0 Å². The van der Waals surface area contributed by atoms with E-state index in [4.69, 9.17) is 10.5 Å². The Labute approximate surface area is 106 Å². The number of nitrogens with two attached hydrogens (primary N) is 1. The lowest BCUT2D eigenvalue weighted by molar-refractivity contribution is 0.0935. The zero-order valence-electron chi connectivity index (χ0n) is 10.9. The first-order valence-electron chi connectivity index (χ1n) is 6.32. The number of carbonyl (C=O) groups is 1. The molecule has 100 valence electrons. The minimum Gasteiger partial charge on any atom is -0.395 e. The number of aromatic nitrogens is 2. The number of ether oxygens (including phenoxy) is 1. The molecule has 1 aliphatic heterocycles. The van der Waals surface area contributed by atoms with Gasteiger partial charge in [-0.1, -0.05) is 0 Å². The van der Waals surface area contributed by atoms with Gasteiger partial charge in [0, 0.05) is 25.6 Å². The first-order chi connectivity index (χ1) is 8.63. The van der Waals surface area contributed by atoms with Crippen molar-refractivity contribution in [2.75, 3.05) is 25.5 Å². The first-order valence-corrected chi connectivity index (χ1v) is 6.32. The number of anilines is 1. The molecule has 6 heteroatoms. The van der Waals surface area contributed by atoms with Gasteiger partial charge in [0.15, 0.2) is 0 Å². The lowest BCUT2D eigenvalue weighted by Crippen LogP contribution is -2.31. The van der Waals surface area contributed by atoms with Gasteiger partial charge in [-0.25, -0.2) is 0 Å². The van der Waals surface area contributed by atoms with Crippen molar-refractivity contribution in [2.45, 2.75) is 26.8 Å². The van der Waals surface area contributed by atoms with Crippen LogP contribution < -0.4 is 11.1 Å². The summed E-state index contributed by atoms with van der Waals surface area (Å²) in [6.07, 6.45) is 1.00. The minimum absolute atomic E-state index is 0.151. The first kappa shape index (κ1) is 12.9. The summed E-state index contributed by atoms with van der Waals surface area (Å²) in [5.41, 5.74) is 7.53. The van der Waals surface area contributed by atoms with Crippen molar-refractivity contribution in [1.29, 1.82) is 0 Å². The van der Waals surface area contributed by atoms with Crippen LogP contribution in [-0.4, -0.2) is 35.4 Å². The molecule has 1 aromatic rings. The lowest BCUT2D eigenvalue weighted by Gasteiger charge is -2.10. The topological polar surface area (TPSA) is 82.2 Å². The molecule has 1 saturated heterocycles. The van der Waals surface area contributed by atoms with Crippen LogP contribution in [-0.2, 0) is 11.3 Å². The Balaban J connectivity index is 2.03. The fourth-order valence-electron chi connectivity index (χ4n) is 2.13. The van der Waals surface area contributed by atoms with E-state index in [1.54, 1.807) is 4.68 Å². The Morgan fingerprint density at radius 3 is 3.06 bits per heavy atom. The van der Waals surface area contributed by atoms with E-state index >= 15 is 0 Å². The van der Waals surface area contributed by atoms with Crippen molar-refractivity contribution in [2.24, 2.45) is 5.92 Å². The molecule has 3 N–H and O–H groups in total. The SMILES string of the molecule is CCn1nc(C)c(N)c1C(=O)NCC1CCOC1. The number of hydrogen-bond donors (Lipinski definition) is 2. The predicted octanol–water partition coefficient (Wildman–Crippen LogP) is 0.560. The Bertz CT molecular complexity index is 436. The van der Waals surface area contributed by atoms with Crippen LogP contribution in [0, 0.1) is 12.8 Å². The van der Waals surface area contributed by atoms with Crippen molar-refractivity contribution in [3.05, 3.63) is 11.4 Å². The highest BCUT2D eigenvalue weighted by molar-refractivity contribution is 5.97. The van der Waals surface area contributed by atoms with Gasteiger partial charge >= 0.3 is 0 Å². The fraction of sp³-hybridized carbons (Fsp3) is 0.667. The fourth-order valence-corrected chi connectivity index (χ4v) is 2.13. The van der Waals surface area contributed by atoms with Gasteiger partial charge < -0.3 is 15.8 Å². The van der Waals surface area contributed by atoms with E-state index in [0.29, 0.717) is 36.1 Å². The third kappa shape index (κ3) is 2.48. The molecule has 0 radical (unpaired) electrons. The third-order valence-corrected chi connectivity index (χ3v) is 3.26. The van der Waals surface area contributed by atoms with Gasteiger partial charge in [-0.3, -0.25) is 9.48 Å². The van der Waals surface area contributed by atoms with E-state index in [1.807, 2.05) is 13.8 Å². The number of nitrogen functional groups attached to an aromatic ring is 1. The maximum Gasteiger partial charge on any atom is 0.271 e. The highest BCUT2D eigenvalue weighted by Crippen LogP contribution is 2.17. The van der Waals surface area contributed by atoms with Crippen LogP contribution in [0.1, 0.15) is 29.5 Å². The quantitative estimate of drug-likeness (QED) is 0.820. The summed E-state index contributed by atoms with van der Waals surface area (Å²) >= 11 is 0. The summed E-state index contributed by atoms with van der Waals surface area (Å²) in [6.45, 7) is 6.52. The molecule has 1 atom stereocenters. The van der Waals surface area contributed by atoms with Crippen LogP contribution in [0.2, 0.25) is 0 Å². The molecule has 18 heavy (non-hydrogen) atoms. The van der Waals surface area contributed by atoms with Gasteiger partial charge in [-0.05, 0) is 20.3 Å². The molecule has 6 nitrogen and oxygen atoms in total. The van der Waals surface area contributed by atoms with Gasteiger partial charge in [-0.2, -0.15) is 5.10 Å². The van der Waals surface area contributed by atoms with Crippen LogP contribution >= 0.6 is 0 Å². The van der Waals surface area contributed by atoms with Crippen molar-refractivity contribution in [3.8, 4) is 0 Å². The molecule has 2 rings (SSSR count). The van der Waals surface area contributed by atoms with Gasteiger partial charge in [0.25, 0.3) is 5.91 Å². The molecule has 1 unspecified atom stereocenters. The second kappa shape index (κ2) is 5.39. The minimum atomic E-state index is -0.151. The van der Waals surface area contributed by atoms with E-state index in [0.717, 1.165) is 19.6 Å². The van der Waals surface area contributed by atoms with Crippen LogP contribution in [0.4, 0.5) is 5.69 Å². The zero-order chi connectivity index (χ0) is 13.1. The summed E-state index contributed by atoms with van der Waals surface area (Å²) in [7, 11) is 0. The number of aryl methyl sites for hydroxylation is 2. The molecule has 1 aliphatic rings. The Morgan fingerprint density at radius 2 is 2.44 bits per heavy atom. The maximum atomic E-state index is 12.1. The second-order valence-corrected chi connectivity index (χ2v) is 4.60. The van der Waals surface area contributed by atoms with Crippen molar-refractivity contribution in [1.82, 2.24) is 15.1 Å². The average Bonchev–Trinajstić information content (AvgIpc) is 2.96. The molecule has 0 aliphatic carbocycles. The summed E-state index contributed by atoms with van der Waals surface area (Å²) in [6, 6.07) is 0. The Morgan fingerprint density at radius 1 is 1.67 bits per heavy atom. The van der Waals surface area contributed by atoms with E-state index in [-0.39, 0.29) is 5.91 Å². The van der Waals surface area contributed by atoms with Gasteiger partial charge in [-0.15, -0.1) is 0 Å². The highest BCUT2D eigenvalue weighted by Gasteiger charge is 2.21. The molecular weight excluding hydrogens is 232 g/mol. The van der Waals surface area contributed by atoms with Crippen molar-refractivity contribution >= 4 is 11.6 Å². The van der Waals surface area contributed by atoms with Crippen molar-refractivity contribution in [3.63, 3.8) is 0 Å². The molecule has 1 fully saturated rings. The summed E-state index contributed by atoms with van der Waals surface area (Å²) < 4.78 is 6.92. The van der Waals surface area contributed by atoms with Crippen molar-refractivity contribution < 1.29 is 9.53 Å². The molecule has 0 aromatic carbocycles. The van der Waals surface area contributed by atoms with Crippen LogP contribution in [0.25, 0.3) is 0 Å². The normalized spacial score (nSPS) is 19.1. The number of carbonyl (C=O) groups excluding carboxylic acids is 1. The third-order valence-electron chi connectivity index (χ3n) is 3.26. The molecule has 2 heterocycles. The predicted molar refractivity (Wildman–Crippen MR) is 68.3 cm³/mol. The van der Waals surface area contributed by atoms with Gasteiger partial charge in [0.2, 0.25) is 0 Å². The number of nitrogens with one attached hydrogen (secondary N) is 1. The molecular formula is C12H20N4O2. The molecule has 1 amide bonds. The van der Waals surface area contributed by atoms with Gasteiger partial charge in [0.1, 0.15) is 5.69 Å². The Kier molecular flexibility index (Phi) is 3.86. The molecule has 1 aromatic heterocycles. The highest BCUT2D eigenvalue weighted by atomic mass is 16.5. The van der Waals surface area contributed by atoms with E-state index in [2.05, 4.69) is 10.4 Å². The van der Waals surface area contributed by atoms with E-state index in [1.165, 1.54) is 0 Å². The number of rotatable bonds is 4. The maximum absolute atomic E-state index is 12.1. The zero-order valence-corrected chi connectivity index (χ0v) is 10.9. The number of amides is 1. The van der Waals surface area contributed by atoms with Crippen LogP contribution in [0.15, 0.2) is 0 Å². The molecule has 0 bridgehead atoms. The standard InChI is InChI=1S/C12H20N4O2/c1-3-16-11(10(13)8(2)15-16)12(17)14-6-9-4-5-18-7-9/h9H,3-7,13H2,1-2H3,(H,14,17). The Hall–Kier alpha value is -1.56. The van der Waals surface area contributed by atoms with E-state index in [9.17, 15) is 4.79 Å². The van der Waals surface area contributed by atoms with E-state index < -0.39 is 0 Å². The lowest BCUT2D eigenvalue weighted by atomic mass is 10.1. The number of nitrogens with zero attached hydrogens (tertiary/aromatic N) is 2. The summed E-state index contributed by atoms with van der Waals surface area (Å²) in [5.74, 6) is 0.260. The smallest absolute Gasteiger partial charge is 0.271 e. The van der Waals surface area contributed by atoms with Crippen LogP contribution in [0.5, 0.6) is 0 Å². The number of hydrogen-bond acceptors (Lipinski definition) is 4.